The van der Waals surface area contributed by atoms with Crippen molar-refractivity contribution in [2.24, 2.45) is 0 Å². The minimum Gasteiger partial charge on any atom is -0.497 e. The van der Waals surface area contributed by atoms with Crippen LogP contribution in [-0.4, -0.2) is 24.5 Å². The van der Waals surface area contributed by atoms with Crippen LogP contribution in [0.4, 0.5) is 5.69 Å². The summed E-state index contributed by atoms with van der Waals surface area (Å²) in [7, 11) is 1.60. The molecule has 2 amide bonds. The molecule has 0 bridgehead atoms. The number of nitrogens with one attached hydrogen (secondary N) is 2. The largest absolute Gasteiger partial charge is 0.497 e. The first-order valence-electron chi connectivity index (χ1n) is 8.33. The van der Waals surface area contributed by atoms with E-state index in [9.17, 15) is 9.59 Å². The number of rotatable bonds is 5. The topological polar surface area (TPSA) is 67.4 Å². The van der Waals surface area contributed by atoms with Gasteiger partial charge in [-0.25, -0.2) is 0 Å². The van der Waals surface area contributed by atoms with E-state index in [4.69, 9.17) is 4.74 Å². The van der Waals surface area contributed by atoms with E-state index in [2.05, 4.69) is 10.6 Å². The highest BCUT2D eigenvalue weighted by Gasteiger charge is 2.18. The second kappa shape index (κ2) is 8.34. The molecule has 2 N–H and O–H groups in total. The summed E-state index contributed by atoms with van der Waals surface area (Å²) in [5.74, 6) is 0.217. The summed E-state index contributed by atoms with van der Waals surface area (Å²) < 4.78 is 5.10. The fraction of sp³-hybridized carbons (Fsp3) is 0.238. The zero-order valence-corrected chi connectivity index (χ0v) is 15.5. The van der Waals surface area contributed by atoms with Gasteiger partial charge in [-0.1, -0.05) is 24.3 Å². The van der Waals surface area contributed by atoms with Crippen LogP contribution in [0.25, 0.3) is 6.08 Å². The molecule has 0 saturated heterocycles. The molecule has 0 aliphatic carbocycles. The van der Waals surface area contributed by atoms with Gasteiger partial charge in [-0.05, 0) is 56.7 Å². The third kappa shape index (κ3) is 5.77. The van der Waals surface area contributed by atoms with E-state index in [1.165, 1.54) is 6.08 Å². The quantitative estimate of drug-likeness (QED) is 0.803. The molecule has 2 aromatic rings. The number of methoxy groups -OCH3 is 1. The number of hydrogen-bond donors (Lipinski definition) is 2. The SMILES string of the molecule is COc1ccc(C=CC(=O)Nc2ccccc2C(=O)NC(C)(C)C)cc1. The fourth-order valence-corrected chi connectivity index (χ4v) is 2.26. The van der Waals surface area contributed by atoms with Gasteiger partial charge in [0, 0.05) is 11.6 Å². The van der Waals surface area contributed by atoms with E-state index in [1.54, 1.807) is 37.5 Å². The molecule has 0 atom stereocenters. The van der Waals surface area contributed by atoms with Crippen molar-refractivity contribution in [3.63, 3.8) is 0 Å². The minimum absolute atomic E-state index is 0.229. The molecular weight excluding hydrogens is 328 g/mol. The standard InChI is InChI=1S/C21H24N2O3/c1-21(2,3)23-20(25)17-7-5-6-8-18(17)22-19(24)14-11-15-9-12-16(26-4)13-10-15/h5-14H,1-4H3,(H,22,24)(H,23,25). The lowest BCUT2D eigenvalue weighted by atomic mass is 10.1. The van der Waals surface area contributed by atoms with Crippen molar-refractivity contribution in [1.82, 2.24) is 5.32 Å². The third-order valence-corrected chi connectivity index (χ3v) is 3.46. The lowest BCUT2D eigenvalue weighted by Crippen LogP contribution is -2.40. The van der Waals surface area contributed by atoms with Crippen molar-refractivity contribution < 1.29 is 14.3 Å². The summed E-state index contributed by atoms with van der Waals surface area (Å²) in [4.78, 5) is 24.6. The first-order chi connectivity index (χ1) is 12.3. The molecule has 0 aromatic heterocycles. The van der Waals surface area contributed by atoms with E-state index >= 15 is 0 Å². The van der Waals surface area contributed by atoms with Gasteiger partial charge in [0.1, 0.15) is 5.75 Å². The first-order valence-corrected chi connectivity index (χ1v) is 8.33. The van der Waals surface area contributed by atoms with Gasteiger partial charge >= 0.3 is 0 Å². The number of ether oxygens (including phenoxy) is 1. The Morgan fingerprint density at radius 3 is 2.27 bits per heavy atom. The Kier molecular flexibility index (Phi) is 6.17. The second-order valence-corrected chi connectivity index (χ2v) is 6.85. The third-order valence-electron chi connectivity index (χ3n) is 3.46. The molecule has 0 heterocycles. The molecule has 0 unspecified atom stereocenters. The lowest BCUT2D eigenvalue weighted by Gasteiger charge is -2.21. The van der Waals surface area contributed by atoms with E-state index < -0.39 is 0 Å². The maximum absolute atomic E-state index is 12.4. The monoisotopic (exact) mass is 352 g/mol. The van der Waals surface area contributed by atoms with Gasteiger partial charge in [-0.2, -0.15) is 0 Å². The second-order valence-electron chi connectivity index (χ2n) is 6.85. The molecule has 2 rings (SSSR count). The van der Waals surface area contributed by atoms with Crippen LogP contribution in [-0.2, 0) is 4.79 Å². The van der Waals surface area contributed by atoms with Crippen LogP contribution in [0.15, 0.2) is 54.6 Å². The molecule has 2 aromatic carbocycles. The van der Waals surface area contributed by atoms with Crippen molar-refractivity contribution in [3.05, 3.63) is 65.7 Å². The van der Waals surface area contributed by atoms with Gasteiger partial charge in [-0.3, -0.25) is 9.59 Å². The normalized spacial score (nSPS) is 11.2. The molecular formula is C21H24N2O3. The Balaban J connectivity index is 2.09. The van der Waals surface area contributed by atoms with Crippen LogP contribution in [0.1, 0.15) is 36.7 Å². The molecule has 0 fully saturated rings. The van der Waals surface area contributed by atoms with E-state index in [0.717, 1.165) is 11.3 Å². The highest BCUT2D eigenvalue weighted by molar-refractivity contribution is 6.07. The van der Waals surface area contributed by atoms with E-state index in [0.29, 0.717) is 11.3 Å². The average Bonchev–Trinajstić information content (AvgIpc) is 2.59. The van der Waals surface area contributed by atoms with Gasteiger partial charge in [-0.15, -0.1) is 0 Å². The number of carbonyl (C=O) groups is 2. The van der Waals surface area contributed by atoms with Crippen LogP contribution in [0.3, 0.4) is 0 Å². The molecule has 0 aliphatic rings. The maximum atomic E-state index is 12.4. The minimum atomic E-state index is -0.359. The number of para-hydroxylation sites is 1. The van der Waals surface area contributed by atoms with Gasteiger partial charge in [0.05, 0.1) is 18.4 Å². The van der Waals surface area contributed by atoms with Crippen molar-refractivity contribution in [1.29, 1.82) is 0 Å². The van der Waals surface area contributed by atoms with Crippen LogP contribution >= 0.6 is 0 Å². The number of anilines is 1. The molecule has 136 valence electrons. The molecule has 0 radical (unpaired) electrons. The number of hydrogen-bond acceptors (Lipinski definition) is 3. The number of benzene rings is 2. The first kappa shape index (κ1) is 19.2. The van der Waals surface area contributed by atoms with Crippen LogP contribution in [0, 0.1) is 0 Å². The molecule has 5 nitrogen and oxygen atoms in total. The van der Waals surface area contributed by atoms with Crippen LogP contribution in [0.5, 0.6) is 5.75 Å². The van der Waals surface area contributed by atoms with E-state index in [1.807, 2.05) is 45.0 Å². The Labute approximate surface area is 154 Å². The summed E-state index contributed by atoms with van der Waals surface area (Å²) in [6.45, 7) is 5.72. The average molecular weight is 352 g/mol. The van der Waals surface area contributed by atoms with E-state index in [-0.39, 0.29) is 17.4 Å². The Morgan fingerprint density at radius 1 is 1.00 bits per heavy atom. The van der Waals surface area contributed by atoms with Crippen molar-refractivity contribution >= 4 is 23.6 Å². The molecule has 0 aliphatic heterocycles. The van der Waals surface area contributed by atoms with Crippen molar-refractivity contribution in [2.45, 2.75) is 26.3 Å². The summed E-state index contributed by atoms with van der Waals surface area (Å²) >= 11 is 0. The molecule has 5 heteroatoms. The van der Waals surface area contributed by atoms with Gasteiger partial charge < -0.3 is 15.4 Å². The van der Waals surface area contributed by atoms with Gasteiger partial charge in [0.25, 0.3) is 5.91 Å². The Hall–Kier alpha value is -3.08. The van der Waals surface area contributed by atoms with Gasteiger partial charge in [0.2, 0.25) is 5.91 Å². The Bertz CT molecular complexity index is 803. The fourth-order valence-electron chi connectivity index (χ4n) is 2.26. The summed E-state index contributed by atoms with van der Waals surface area (Å²) in [6.07, 6.45) is 3.13. The zero-order valence-electron chi connectivity index (χ0n) is 15.5. The van der Waals surface area contributed by atoms with Crippen molar-refractivity contribution in [2.75, 3.05) is 12.4 Å². The Morgan fingerprint density at radius 2 is 1.65 bits per heavy atom. The summed E-state index contributed by atoms with van der Waals surface area (Å²) in [5.41, 5.74) is 1.41. The van der Waals surface area contributed by atoms with Crippen molar-refractivity contribution in [3.8, 4) is 5.75 Å². The smallest absolute Gasteiger partial charge is 0.253 e. The maximum Gasteiger partial charge on any atom is 0.253 e. The number of carbonyl (C=O) groups excluding carboxylic acids is 2. The predicted molar refractivity (Wildman–Crippen MR) is 104 cm³/mol. The molecule has 26 heavy (non-hydrogen) atoms. The van der Waals surface area contributed by atoms with Crippen LogP contribution in [0.2, 0.25) is 0 Å². The predicted octanol–water partition coefficient (Wildman–Crippen LogP) is 3.88. The van der Waals surface area contributed by atoms with Gasteiger partial charge in [0.15, 0.2) is 0 Å². The van der Waals surface area contributed by atoms with Crippen LogP contribution < -0.4 is 15.4 Å². The summed E-state index contributed by atoms with van der Waals surface area (Å²) in [6, 6.07) is 14.3. The highest BCUT2D eigenvalue weighted by atomic mass is 16.5. The summed E-state index contributed by atoms with van der Waals surface area (Å²) in [5, 5.41) is 5.66. The highest BCUT2D eigenvalue weighted by Crippen LogP contribution is 2.17. The molecule has 0 saturated carbocycles. The molecule has 0 spiro atoms. The number of amides is 2. The zero-order chi connectivity index (χ0) is 19.2. The lowest BCUT2D eigenvalue weighted by molar-refractivity contribution is -0.111.